The summed E-state index contributed by atoms with van der Waals surface area (Å²) in [4.78, 5) is 13.1. The minimum absolute atomic E-state index is 0.0778. The SMILES string of the molecule is C=C1c2ccccc2N(S(=O)(=O)c2ccccc2)[C@@H]1[C@@H](N[S@](=O)C(C)(C)C)C(=O)OCC. The highest BCUT2D eigenvalue weighted by atomic mass is 32.2. The highest BCUT2D eigenvalue weighted by Crippen LogP contribution is 2.44. The van der Waals surface area contributed by atoms with Gasteiger partial charge in [0.1, 0.15) is 6.04 Å². The number of ether oxygens (including phenoxy) is 1. The molecule has 0 amide bonds. The van der Waals surface area contributed by atoms with Gasteiger partial charge in [-0.25, -0.2) is 17.3 Å². The van der Waals surface area contributed by atoms with Crippen LogP contribution < -0.4 is 9.03 Å². The number of carbonyl (C=O) groups is 1. The molecule has 32 heavy (non-hydrogen) atoms. The molecule has 172 valence electrons. The van der Waals surface area contributed by atoms with E-state index in [0.29, 0.717) is 16.8 Å². The quantitative estimate of drug-likeness (QED) is 0.619. The van der Waals surface area contributed by atoms with Gasteiger partial charge in [-0.1, -0.05) is 43.0 Å². The van der Waals surface area contributed by atoms with Gasteiger partial charge < -0.3 is 4.74 Å². The maximum atomic E-state index is 13.7. The van der Waals surface area contributed by atoms with E-state index in [1.54, 1.807) is 70.2 Å². The molecular weight excluding hydrogens is 448 g/mol. The number of para-hydroxylation sites is 1. The van der Waals surface area contributed by atoms with Gasteiger partial charge in [0.2, 0.25) is 0 Å². The van der Waals surface area contributed by atoms with Crippen LogP contribution in [0.15, 0.2) is 66.1 Å². The van der Waals surface area contributed by atoms with E-state index in [-0.39, 0.29) is 11.5 Å². The Labute approximate surface area is 192 Å². The van der Waals surface area contributed by atoms with Crippen molar-refractivity contribution in [2.24, 2.45) is 0 Å². The fraction of sp³-hybridized carbons (Fsp3) is 0.348. The van der Waals surface area contributed by atoms with Crippen molar-refractivity contribution in [1.29, 1.82) is 0 Å². The van der Waals surface area contributed by atoms with Crippen molar-refractivity contribution in [3.8, 4) is 0 Å². The number of anilines is 1. The second-order valence-corrected chi connectivity index (χ2v) is 12.1. The fourth-order valence-corrected chi connectivity index (χ4v) is 5.98. The number of nitrogens with zero attached hydrogens (tertiary/aromatic N) is 1. The van der Waals surface area contributed by atoms with E-state index < -0.39 is 43.8 Å². The lowest BCUT2D eigenvalue weighted by molar-refractivity contribution is -0.145. The number of carbonyl (C=O) groups excluding carboxylic acids is 1. The number of benzene rings is 2. The molecule has 1 N–H and O–H groups in total. The molecule has 1 aliphatic rings. The van der Waals surface area contributed by atoms with Crippen LogP contribution in [0.5, 0.6) is 0 Å². The first kappa shape index (κ1) is 24.2. The van der Waals surface area contributed by atoms with E-state index in [0.717, 1.165) is 0 Å². The molecule has 9 heteroatoms. The highest BCUT2D eigenvalue weighted by Gasteiger charge is 2.48. The van der Waals surface area contributed by atoms with Gasteiger partial charge >= 0.3 is 5.97 Å². The first-order valence-corrected chi connectivity index (χ1v) is 12.8. The maximum Gasteiger partial charge on any atom is 0.326 e. The molecule has 3 rings (SSSR count). The smallest absolute Gasteiger partial charge is 0.326 e. The normalized spacial score (nSPS) is 18.2. The predicted molar refractivity (Wildman–Crippen MR) is 127 cm³/mol. The molecule has 2 aromatic carbocycles. The summed E-state index contributed by atoms with van der Waals surface area (Å²) in [5, 5.41) is 0. The molecule has 2 aromatic rings. The minimum atomic E-state index is -4.07. The van der Waals surface area contributed by atoms with Crippen LogP contribution in [0.3, 0.4) is 0 Å². The third-order valence-corrected chi connectivity index (χ3v) is 8.43. The highest BCUT2D eigenvalue weighted by molar-refractivity contribution is 7.93. The van der Waals surface area contributed by atoms with Crippen molar-refractivity contribution in [2.45, 2.75) is 49.4 Å². The van der Waals surface area contributed by atoms with Gasteiger partial charge in [0.25, 0.3) is 10.0 Å². The van der Waals surface area contributed by atoms with Crippen molar-refractivity contribution >= 4 is 38.2 Å². The number of hydrogen-bond acceptors (Lipinski definition) is 5. The van der Waals surface area contributed by atoms with Crippen molar-refractivity contribution in [1.82, 2.24) is 4.72 Å². The van der Waals surface area contributed by atoms with Gasteiger partial charge in [0.15, 0.2) is 0 Å². The summed E-state index contributed by atoms with van der Waals surface area (Å²) in [6, 6.07) is 12.6. The van der Waals surface area contributed by atoms with Crippen molar-refractivity contribution in [2.75, 3.05) is 10.9 Å². The molecule has 0 saturated carbocycles. The van der Waals surface area contributed by atoms with E-state index in [2.05, 4.69) is 11.3 Å². The van der Waals surface area contributed by atoms with Gasteiger partial charge in [-0.2, -0.15) is 0 Å². The third kappa shape index (κ3) is 4.51. The number of esters is 1. The van der Waals surface area contributed by atoms with Gasteiger partial charge in [0.05, 0.1) is 39.0 Å². The predicted octanol–water partition coefficient (Wildman–Crippen LogP) is 3.26. The summed E-state index contributed by atoms with van der Waals surface area (Å²) >= 11 is 0. The van der Waals surface area contributed by atoms with E-state index >= 15 is 0 Å². The van der Waals surface area contributed by atoms with Crippen LogP contribution in [-0.2, 0) is 30.5 Å². The molecule has 0 spiro atoms. The zero-order chi connectivity index (χ0) is 23.7. The summed E-state index contributed by atoms with van der Waals surface area (Å²) in [6.45, 7) is 11.1. The Morgan fingerprint density at radius 3 is 2.34 bits per heavy atom. The third-order valence-electron chi connectivity index (χ3n) is 5.04. The summed E-state index contributed by atoms with van der Waals surface area (Å²) < 4.78 is 49.0. The van der Waals surface area contributed by atoms with Crippen LogP contribution >= 0.6 is 0 Å². The average Bonchev–Trinajstić information content (AvgIpc) is 3.05. The van der Waals surface area contributed by atoms with Gasteiger partial charge in [-0.3, -0.25) is 9.10 Å². The minimum Gasteiger partial charge on any atom is -0.465 e. The fourth-order valence-electron chi connectivity index (χ4n) is 3.48. The molecule has 3 atom stereocenters. The number of nitrogens with one attached hydrogen (secondary N) is 1. The monoisotopic (exact) mass is 476 g/mol. The molecule has 1 heterocycles. The molecule has 0 saturated heterocycles. The number of hydrogen-bond donors (Lipinski definition) is 1. The number of fused-ring (bicyclic) bond motifs is 1. The molecule has 7 nitrogen and oxygen atoms in total. The summed E-state index contributed by atoms with van der Waals surface area (Å²) in [5.41, 5.74) is 1.44. The first-order valence-electron chi connectivity index (χ1n) is 10.2. The van der Waals surface area contributed by atoms with Crippen LogP contribution in [0, 0.1) is 0 Å². The average molecular weight is 477 g/mol. The topological polar surface area (TPSA) is 92.8 Å². The summed E-state index contributed by atoms with van der Waals surface area (Å²) in [6.07, 6.45) is 0. The molecule has 0 bridgehead atoms. The standard InChI is InChI=1S/C23H28N2O5S2/c1-6-30-22(26)20(24-31(27)23(3,4)5)21-16(2)18-14-10-11-15-19(18)25(21)32(28,29)17-12-8-7-9-13-17/h7-15,20-21,24H,2,6H2,1,3-5H3/t20-,21+,31-/m1/s1. The lowest BCUT2D eigenvalue weighted by Crippen LogP contribution is -2.56. The first-order chi connectivity index (χ1) is 15.0. The Bertz CT molecular complexity index is 1140. The Kier molecular flexibility index (Phi) is 6.92. The van der Waals surface area contributed by atoms with Gasteiger partial charge in [0, 0.05) is 5.56 Å². The van der Waals surface area contributed by atoms with Gasteiger partial charge in [-0.15, -0.1) is 0 Å². The Morgan fingerprint density at radius 1 is 1.16 bits per heavy atom. The Hall–Kier alpha value is -2.49. The number of rotatable bonds is 7. The summed E-state index contributed by atoms with van der Waals surface area (Å²) in [7, 11) is -5.74. The van der Waals surface area contributed by atoms with E-state index in [4.69, 9.17) is 4.74 Å². The van der Waals surface area contributed by atoms with Crippen LogP contribution in [0.25, 0.3) is 5.57 Å². The molecule has 0 radical (unpaired) electrons. The largest absolute Gasteiger partial charge is 0.465 e. The second-order valence-electron chi connectivity index (χ2n) is 8.33. The number of sulfonamides is 1. The van der Waals surface area contributed by atoms with E-state index in [1.807, 2.05) is 0 Å². The maximum absolute atomic E-state index is 13.7. The van der Waals surface area contributed by atoms with Crippen molar-refractivity contribution < 1.29 is 22.2 Å². The zero-order valence-electron chi connectivity index (χ0n) is 18.6. The molecule has 0 fully saturated rings. The lowest BCUT2D eigenvalue weighted by atomic mass is 9.99. The van der Waals surface area contributed by atoms with Crippen LogP contribution in [0.1, 0.15) is 33.3 Å². The lowest BCUT2D eigenvalue weighted by Gasteiger charge is -2.33. The molecule has 0 unspecified atom stereocenters. The molecule has 0 aromatic heterocycles. The molecule has 1 aliphatic heterocycles. The molecular formula is C23H28N2O5S2. The Balaban J connectivity index is 2.18. The van der Waals surface area contributed by atoms with Crippen LogP contribution in [0.4, 0.5) is 5.69 Å². The molecule has 0 aliphatic carbocycles. The Morgan fingerprint density at radius 2 is 1.75 bits per heavy atom. The second kappa shape index (κ2) is 9.17. The van der Waals surface area contributed by atoms with E-state index in [1.165, 1.54) is 16.4 Å². The van der Waals surface area contributed by atoms with E-state index in [9.17, 15) is 17.4 Å². The van der Waals surface area contributed by atoms with Crippen LogP contribution in [0.2, 0.25) is 0 Å². The van der Waals surface area contributed by atoms with Crippen molar-refractivity contribution in [3.05, 3.63) is 66.7 Å². The zero-order valence-corrected chi connectivity index (χ0v) is 20.2. The van der Waals surface area contributed by atoms with Crippen LogP contribution in [-0.4, -0.2) is 42.0 Å². The summed E-state index contributed by atoms with van der Waals surface area (Å²) in [5.74, 6) is -0.697. The van der Waals surface area contributed by atoms with Crippen molar-refractivity contribution in [3.63, 3.8) is 0 Å². The van der Waals surface area contributed by atoms with Gasteiger partial charge in [-0.05, 0) is 51.5 Å².